The number of nitrogens with one attached hydrogen (secondary N) is 1. The number of nitrogens with zero attached hydrogens (tertiary/aromatic N) is 2. The lowest BCUT2D eigenvalue weighted by molar-refractivity contribution is -0.141. The van der Waals surface area contributed by atoms with Crippen molar-refractivity contribution in [2.45, 2.75) is 19.0 Å². The van der Waals surface area contributed by atoms with Gasteiger partial charge in [-0.2, -0.15) is 0 Å². The van der Waals surface area contributed by atoms with Crippen LogP contribution in [0.2, 0.25) is 5.02 Å². The van der Waals surface area contributed by atoms with Crippen LogP contribution in [-0.2, 0) is 16.1 Å². The molecule has 0 saturated carbocycles. The van der Waals surface area contributed by atoms with Crippen LogP contribution in [0.3, 0.4) is 0 Å². The number of rotatable bonds is 6. The van der Waals surface area contributed by atoms with Crippen molar-refractivity contribution >= 4 is 23.4 Å². The molecule has 126 valence electrons. The molecule has 1 unspecified atom stereocenters. The lowest BCUT2D eigenvalue weighted by Crippen LogP contribution is -2.56. The lowest BCUT2D eigenvalue weighted by atomic mass is 10.1. The van der Waals surface area contributed by atoms with E-state index in [1.165, 1.54) is 4.90 Å². The number of piperazine rings is 1. The second-order valence-electron chi connectivity index (χ2n) is 5.60. The molecule has 2 amide bonds. The van der Waals surface area contributed by atoms with Gasteiger partial charge in [-0.15, -0.1) is 0 Å². The Kier molecular flexibility index (Phi) is 6.38. The highest BCUT2D eigenvalue weighted by atomic mass is 35.5. The number of aliphatic hydroxyl groups excluding tert-OH is 1. The van der Waals surface area contributed by atoms with E-state index in [4.69, 9.17) is 16.7 Å². The average molecular weight is 340 g/mol. The van der Waals surface area contributed by atoms with Crippen LogP contribution in [-0.4, -0.2) is 66.1 Å². The molecular weight excluding hydrogens is 318 g/mol. The van der Waals surface area contributed by atoms with Crippen molar-refractivity contribution in [3.63, 3.8) is 0 Å². The Labute approximate surface area is 141 Å². The summed E-state index contributed by atoms with van der Waals surface area (Å²) >= 11 is 6.15. The maximum absolute atomic E-state index is 12.6. The van der Waals surface area contributed by atoms with Crippen molar-refractivity contribution in [3.8, 4) is 0 Å². The topological polar surface area (TPSA) is 72.9 Å². The highest BCUT2D eigenvalue weighted by Crippen LogP contribution is 2.18. The Hall–Kier alpha value is -1.63. The molecule has 1 aromatic rings. The molecule has 1 saturated heterocycles. The Morgan fingerprint density at radius 2 is 2.22 bits per heavy atom. The third-order valence-electron chi connectivity index (χ3n) is 3.94. The average Bonchev–Trinajstić information content (AvgIpc) is 2.53. The second-order valence-corrected chi connectivity index (χ2v) is 6.01. The molecule has 2 N–H and O–H groups in total. The van der Waals surface area contributed by atoms with Crippen LogP contribution in [0.1, 0.15) is 12.0 Å². The maximum Gasteiger partial charge on any atom is 0.240 e. The Bertz CT molecular complexity index is 567. The van der Waals surface area contributed by atoms with E-state index in [-0.39, 0.29) is 31.4 Å². The molecule has 0 bridgehead atoms. The normalized spacial score (nSPS) is 18.1. The Morgan fingerprint density at radius 1 is 1.48 bits per heavy atom. The van der Waals surface area contributed by atoms with E-state index in [2.05, 4.69) is 5.32 Å². The fourth-order valence-corrected chi connectivity index (χ4v) is 2.74. The van der Waals surface area contributed by atoms with Gasteiger partial charge in [0.2, 0.25) is 11.8 Å². The molecule has 6 nitrogen and oxygen atoms in total. The van der Waals surface area contributed by atoms with E-state index in [1.807, 2.05) is 18.2 Å². The third-order valence-corrected chi connectivity index (χ3v) is 4.31. The van der Waals surface area contributed by atoms with Crippen LogP contribution >= 0.6 is 11.6 Å². The van der Waals surface area contributed by atoms with Crippen LogP contribution in [0.4, 0.5) is 0 Å². The molecule has 23 heavy (non-hydrogen) atoms. The third kappa shape index (κ3) is 4.67. The number of hydrogen-bond acceptors (Lipinski definition) is 4. The minimum Gasteiger partial charge on any atom is -0.395 e. The van der Waals surface area contributed by atoms with E-state index in [1.54, 1.807) is 18.0 Å². The standard InChI is InChI=1S/C16H22ClN3O3/c1-19(8-9-21)15(22)10-14-16(23)20(7-6-18-14)11-12-4-2-3-5-13(12)17/h2-5,14,18,21H,6-11H2,1H3. The van der Waals surface area contributed by atoms with Gasteiger partial charge in [-0.3, -0.25) is 9.59 Å². The monoisotopic (exact) mass is 339 g/mol. The van der Waals surface area contributed by atoms with E-state index in [0.717, 1.165) is 5.56 Å². The zero-order chi connectivity index (χ0) is 16.8. The first-order valence-corrected chi connectivity index (χ1v) is 8.01. The van der Waals surface area contributed by atoms with Gasteiger partial charge in [0, 0.05) is 38.2 Å². The quantitative estimate of drug-likeness (QED) is 0.791. The van der Waals surface area contributed by atoms with Crippen LogP contribution in [0.5, 0.6) is 0 Å². The summed E-state index contributed by atoms with van der Waals surface area (Å²) in [6, 6.07) is 6.91. The molecule has 0 aromatic heterocycles. The summed E-state index contributed by atoms with van der Waals surface area (Å²) in [5, 5.41) is 12.6. The van der Waals surface area contributed by atoms with Gasteiger partial charge in [-0.05, 0) is 11.6 Å². The van der Waals surface area contributed by atoms with E-state index in [0.29, 0.717) is 24.7 Å². The van der Waals surface area contributed by atoms with Gasteiger partial charge in [0.1, 0.15) is 0 Å². The second kappa shape index (κ2) is 8.29. The van der Waals surface area contributed by atoms with Gasteiger partial charge in [-0.1, -0.05) is 29.8 Å². The fraction of sp³-hybridized carbons (Fsp3) is 0.500. The molecule has 0 radical (unpaired) electrons. The van der Waals surface area contributed by atoms with Crippen molar-refractivity contribution < 1.29 is 14.7 Å². The zero-order valence-electron chi connectivity index (χ0n) is 13.2. The first-order valence-electron chi connectivity index (χ1n) is 7.63. The molecule has 0 aliphatic carbocycles. The van der Waals surface area contributed by atoms with Crippen molar-refractivity contribution in [2.75, 3.05) is 33.3 Å². The van der Waals surface area contributed by atoms with Gasteiger partial charge < -0.3 is 20.2 Å². The van der Waals surface area contributed by atoms with E-state index >= 15 is 0 Å². The number of amides is 2. The van der Waals surface area contributed by atoms with Crippen molar-refractivity contribution in [2.24, 2.45) is 0 Å². The number of carbonyl (C=O) groups excluding carboxylic acids is 2. The summed E-state index contributed by atoms with van der Waals surface area (Å²) in [7, 11) is 1.62. The van der Waals surface area contributed by atoms with Crippen LogP contribution < -0.4 is 5.32 Å². The van der Waals surface area contributed by atoms with Gasteiger partial charge in [0.15, 0.2) is 0 Å². The van der Waals surface area contributed by atoms with Crippen LogP contribution in [0, 0.1) is 0 Å². The predicted molar refractivity (Wildman–Crippen MR) is 88.0 cm³/mol. The van der Waals surface area contributed by atoms with Gasteiger partial charge in [0.25, 0.3) is 0 Å². The number of benzene rings is 1. The van der Waals surface area contributed by atoms with Gasteiger partial charge >= 0.3 is 0 Å². The number of halogens is 1. The molecule has 1 heterocycles. The number of carbonyl (C=O) groups is 2. The summed E-state index contributed by atoms with van der Waals surface area (Å²) in [5.74, 6) is -0.258. The molecule has 1 aliphatic rings. The maximum atomic E-state index is 12.6. The van der Waals surface area contributed by atoms with Crippen molar-refractivity contribution in [3.05, 3.63) is 34.9 Å². The largest absolute Gasteiger partial charge is 0.395 e. The van der Waals surface area contributed by atoms with Crippen LogP contribution in [0.15, 0.2) is 24.3 Å². The Balaban J connectivity index is 1.98. The smallest absolute Gasteiger partial charge is 0.240 e. The van der Waals surface area contributed by atoms with Crippen LogP contribution in [0.25, 0.3) is 0 Å². The predicted octanol–water partition coefficient (Wildman–Crippen LogP) is 0.481. The summed E-state index contributed by atoms with van der Waals surface area (Å²) in [6.07, 6.45) is 0.0916. The molecule has 7 heteroatoms. The minimum absolute atomic E-state index is 0.0904. The van der Waals surface area contributed by atoms with Gasteiger partial charge in [0.05, 0.1) is 19.1 Å². The zero-order valence-corrected chi connectivity index (χ0v) is 13.9. The van der Waals surface area contributed by atoms with E-state index in [9.17, 15) is 9.59 Å². The van der Waals surface area contributed by atoms with Crippen molar-refractivity contribution in [1.29, 1.82) is 0 Å². The molecule has 1 atom stereocenters. The number of likely N-dealkylation sites (N-methyl/N-ethyl adjacent to an activating group) is 1. The number of aliphatic hydroxyl groups is 1. The highest BCUT2D eigenvalue weighted by Gasteiger charge is 2.31. The Morgan fingerprint density at radius 3 is 2.91 bits per heavy atom. The minimum atomic E-state index is -0.528. The molecular formula is C16H22ClN3O3. The summed E-state index contributed by atoms with van der Waals surface area (Å²) in [4.78, 5) is 27.8. The molecule has 1 fully saturated rings. The van der Waals surface area contributed by atoms with E-state index < -0.39 is 6.04 Å². The molecule has 1 aliphatic heterocycles. The molecule has 2 rings (SSSR count). The summed E-state index contributed by atoms with van der Waals surface area (Å²) < 4.78 is 0. The lowest BCUT2D eigenvalue weighted by Gasteiger charge is -2.33. The highest BCUT2D eigenvalue weighted by molar-refractivity contribution is 6.31. The fourth-order valence-electron chi connectivity index (χ4n) is 2.55. The molecule has 0 spiro atoms. The number of hydrogen-bond donors (Lipinski definition) is 2. The first-order chi connectivity index (χ1) is 11.0. The SMILES string of the molecule is CN(CCO)C(=O)CC1NCCN(Cc2ccccc2Cl)C1=O. The first kappa shape index (κ1) is 17.7. The van der Waals surface area contributed by atoms with Crippen molar-refractivity contribution in [1.82, 2.24) is 15.1 Å². The summed E-state index contributed by atoms with van der Waals surface area (Å²) in [6.45, 7) is 1.84. The summed E-state index contributed by atoms with van der Waals surface area (Å²) in [5.41, 5.74) is 0.895. The molecule has 1 aromatic carbocycles. The van der Waals surface area contributed by atoms with Gasteiger partial charge in [-0.25, -0.2) is 0 Å².